The zero-order chi connectivity index (χ0) is 14.8. The van der Waals surface area contributed by atoms with Gasteiger partial charge >= 0.3 is 0 Å². The molecule has 0 unspecified atom stereocenters. The van der Waals surface area contributed by atoms with E-state index in [1.807, 2.05) is 4.90 Å². The number of aromatic nitrogens is 2. The molecule has 2 aliphatic rings. The van der Waals surface area contributed by atoms with Crippen LogP contribution >= 0.6 is 0 Å². The number of methoxy groups -OCH3 is 1. The molecule has 2 atom stereocenters. The maximum atomic E-state index is 12.5. The highest BCUT2D eigenvalue weighted by Gasteiger charge is 2.48. The molecular weight excluding hydrogens is 272 g/mol. The van der Waals surface area contributed by atoms with E-state index in [2.05, 4.69) is 9.97 Å². The van der Waals surface area contributed by atoms with E-state index in [4.69, 9.17) is 4.74 Å². The SMILES string of the molecule is COCCN1C(=O)C[C@H]2[C@@H]1CCN2C(=O)c1cnccn1. The molecule has 3 rings (SSSR count). The Morgan fingerprint density at radius 2 is 2.29 bits per heavy atom. The number of hydrogen-bond donors (Lipinski definition) is 0. The van der Waals surface area contributed by atoms with Gasteiger partial charge in [0.2, 0.25) is 5.91 Å². The van der Waals surface area contributed by atoms with Gasteiger partial charge < -0.3 is 14.5 Å². The van der Waals surface area contributed by atoms with Crippen molar-refractivity contribution in [2.75, 3.05) is 26.8 Å². The molecule has 0 radical (unpaired) electrons. The van der Waals surface area contributed by atoms with Gasteiger partial charge in [-0.3, -0.25) is 14.6 Å². The highest BCUT2D eigenvalue weighted by Crippen LogP contribution is 2.32. The molecule has 2 fully saturated rings. The molecule has 112 valence electrons. The lowest BCUT2D eigenvalue weighted by atomic mass is 10.1. The van der Waals surface area contributed by atoms with Gasteiger partial charge in [0.25, 0.3) is 5.91 Å². The zero-order valence-electron chi connectivity index (χ0n) is 11.9. The van der Waals surface area contributed by atoms with Crippen LogP contribution in [0.3, 0.4) is 0 Å². The summed E-state index contributed by atoms with van der Waals surface area (Å²) in [5, 5.41) is 0. The van der Waals surface area contributed by atoms with E-state index in [1.165, 1.54) is 18.6 Å². The van der Waals surface area contributed by atoms with E-state index in [9.17, 15) is 9.59 Å². The predicted octanol–water partition coefficient (Wildman–Crippen LogP) is -0.0616. The molecule has 2 amide bonds. The van der Waals surface area contributed by atoms with Gasteiger partial charge in [0.15, 0.2) is 0 Å². The third-order valence-electron chi connectivity index (χ3n) is 4.19. The molecule has 0 spiro atoms. The summed E-state index contributed by atoms with van der Waals surface area (Å²) >= 11 is 0. The average Bonchev–Trinajstić information content (AvgIpc) is 3.04. The average molecular weight is 290 g/mol. The Bertz CT molecular complexity index is 536. The number of carbonyl (C=O) groups excluding carboxylic acids is 2. The van der Waals surface area contributed by atoms with Crippen molar-refractivity contribution in [1.82, 2.24) is 19.8 Å². The maximum absolute atomic E-state index is 12.5. The number of amides is 2. The molecule has 2 saturated heterocycles. The minimum absolute atomic E-state index is 0.0520. The summed E-state index contributed by atoms with van der Waals surface area (Å²) in [5.74, 6) is -0.0457. The van der Waals surface area contributed by atoms with E-state index in [1.54, 1.807) is 12.0 Å². The molecule has 0 bridgehead atoms. The van der Waals surface area contributed by atoms with Crippen molar-refractivity contribution in [1.29, 1.82) is 0 Å². The summed E-state index contributed by atoms with van der Waals surface area (Å²) < 4.78 is 5.05. The Morgan fingerprint density at radius 3 is 3.00 bits per heavy atom. The van der Waals surface area contributed by atoms with E-state index < -0.39 is 0 Å². The van der Waals surface area contributed by atoms with Crippen molar-refractivity contribution in [3.05, 3.63) is 24.3 Å². The van der Waals surface area contributed by atoms with Gasteiger partial charge in [0.1, 0.15) is 5.69 Å². The van der Waals surface area contributed by atoms with Crippen LogP contribution in [0.25, 0.3) is 0 Å². The van der Waals surface area contributed by atoms with Crippen LogP contribution in [-0.2, 0) is 9.53 Å². The van der Waals surface area contributed by atoms with Gasteiger partial charge in [0.05, 0.1) is 24.9 Å². The van der Waals surface area contributed by atoms with Crippen LogP contribution in [0.15, 0.2) is 18.6 Å². The van der Waals surface area contributed by atoms with Crippen LogP contribution in [-0.4, -0.2) is 70.5 Å². The lowest BCUT2D eigenvalue weighted by molar-refractivity contribution is -0.129. The number of likely N-dealkylation sites (tertiary alicyclic amines) is 2. The second-order valence-corrected chi connectivity index (χ2v) is 5.30. The van der Waals surface area contributed by atoms with Crippen molar-refractivity contribution < 1.29 is 14.3 Å². The topological polar surface area (TPSA) is 75.6 Å². The van der Waals surface area contributed by atoms with Crippen LogP contribution in [0.2, 0.25) is 0 Å². The second kappa shape index (κ2) is 5.77. The zero-order valence-corrected chi connectivity index (χ0v) is 11.9. The van der Waals surface area contributed by atoms with Gasteiger partial charge in [-0.2, -0.15) is 0 Å². The number of carbonyl (C=O) groups is 2. The van der Waals surface area contributed by atoms with Crippen LogP contribution < -0.4 is 0 Å². The van der Waals surface area contributed by atoms with Crippen molar-refractivity contribution >= 4 is 11.8 Å². The number of rotatable bonds is 4. The van der Waals surface area contributed by atoms with Crippen LogP contribution in [0.4, 0.5) is 0 Å². The number of fused-ring (bicyclic) bond motifs is 1. The maximum Gasteiger partial charge on any atom is 0.274 e. The van der Waals surface area contributed by atoms with Gasteiger partial charge in [-0.25, -0.2) is 4.98 Å². The molecule has 0 aromatic carbocycles. The Kier molecular flexibility index (Phi) is 3.83. The number of ether oxygens (including phenoxy) is 1. The summed E-state index contributed by atoms with van der Waals surface area (Å²) in [7, 11) is 1.62. The predicted molar refractivity (Wildman–Crippen MR) is 73.5 cm³/mol. The highest BCUT2D eigenvalue weighted by molar-refractivity contribution is 5.93. The van der Waals surface area contributed by atoms with Gasteiger partial charge in [-0.1, -0.05) is 0 Å². The molecule has 7 heteroatoms. The van der Waals surface area contributed by atoms with Crippen LogP contribution in [0.1, 0.15) is 23.3 Å². The van der Waals surface area contributed by atoms with Crippen LogP contribution in [0, 0.1) is 0 Å². The summed E-state index contributed by atoms with van der Waals surface area (Å²) in [5.41, 5.74) is 0.334. The first-order chi connectivity index (χ1) is 10.2. The van der Waals surface area contributed by atoms with E-state index in [-0.39, 0.29) is 23.9 Å². The smallest absolute Gasteiger partial charge is 0.274 e. The second-order valence-electron chi connectivity index (χ2n) is 5.30. The quantitative estimate of drug-likeness (QED) is 0.776. The van der Waals surface area contributed by atoms with Crippen molar-refractivity contribution in [3.8, 4) is 0 Å². The Balaban J connectivity index is 1.74. The molecule has 1 aromatic heterocycles. The molecule has 21 heavy (non-hydrogen) atoms. The summed E-state index contributed by atoms with van der Waals surface area (Å²) in [6, 6.07) is 0.0529. The van der Waals surface area contributed by atoms with Crippen LogP contribution in [0.5, 0.6) is 0 Å². The Hall–Kier alpha value is -2.02. The lowest BCUT2D eigenvalue weighted by Gasteiger charge is -2.25. The molecule has 0 saturated carbocycles. The molecule has 1 aromatic rings. The van der Waals surface area contributed by atoms with E-state index >= 15 is 0 Å². The fourth-order valence-corrected chi connectivity index (χ4v) is 3.22. The molecule has 3 heterocycles. The summed E-state index contributed by atoms with van der Waals surface area (Å²) in [6.45, 7) is 1.76. The van der Waals surface area contributed by atoms with E-state index in [0.29, 0.717) is 31.8 Å². The summed E-state index contributed by atoms with van der Waals surface area (Å²) in [4.78, 5) is 36.2. The monoisotopic (exact) mass is 290 g/mol. The minimum Gasteiger partial charge on any atom is -0.383 e. The first-order valence-electron chi connectivity index (χ1n) is 7.07. The van der Waals surface area contributed by atoms with Crippen molar-refractivity contribution in [3.63, 3.8) is 0 Å². The van der Waals surface area contributed by atoms with Crippen molar-refractivity contribution in [2.45, 2.75) is 24.9 Å². The highest BCUT2D eigenvalue weighted by atomic mass is 16.5. The van der Waals surface area contributed by atoms with Crippen molar-refractivity contribution in [2.24, 2.45) is 0 Å². The fourth-order valence-electron chi connectivity index (χ4n) is 3.22. The molecule has 2 aliphatic heterocycles. The first kappa shape index (κ1) is 13.9. The van der Waals surface area contributed by atoms with Gasteiger partial charge in [0, 0.05) is 39.0 Å². The number of nitrogens with zero attached hydrogens (tertiary/aromatic N) is 4. The van der Waals surface area contributed by atoms with Gasteiger partial charge in [-0.15, -0.1) is 0 Å². The molecular formula is C14H18N4O3. The largest absolute Gasteiger partial charge is 0.383 e. The summed E-state index contributed by atoms with van der Waals surface area (Å²) in [6.07, 6.45) is 5.71. The number of hydrogen-bond acceptors (Lipinski definition) is 5. The standard InChI is InChI=1S/C14H18N4O3/c1-21-7-6-17-11-2-5-18(12(11)8-13(17)19)14(20)10-9-15-3-4-16-10/h3-4,9,11-12H,2,5-8H2,1H3/t11-,12-/m0/s1. The van der Waals surface area contributed by atoms with Gasteiger partial charge in [-0.05, 0) is 6.42 Å². The Morgan fingerprint density at radius 1 is 1.43 bits per heavy atom. The fraction of sp³-hybridized carbons (Fsp3) is 0.571. The lowest BCUT2D eigenvalue weighted by Crippen LogP contribution is -2.41. The third kappa shape index (κ3) is 2.49. The molecule has 7 nitrogen and oxygen atoms in total. The molecule has 0 N–H and O–H groups in total. The third-order valence-corrected chi connectivity index (χ3v) is 4.19. The van der Waals surface area contributed by atoms with E-state index in [0.717, 1.165) is 6.42 Å². The Labute approximate surface area is 122 Å². The first-order valence-corrected chi connectivity index (χ1v) is 7.07. The normalized spacial score (nSPS) is 24.5. The minimum atomic E-state index is -0.142. The molecule has 0 aliphatic carbocycles.